The molecule has 1 N–H and O–H groups in total. The van der Waals surface area contributed by atoms with Gasteiger partial charge in [0.1, 0.15) is 0 Å². The summed E-state index contributed by atoms with van der Waals surface area (Å²) in [5.41, 5.74) is 2.69. The SMILES string of the molecule is C[C@H](NC1COCc2ccccc21)c1cccs1. The lowest BCUT2D eigenvalue weighted by Gasteiger charge is -2.29. The lowest BCUT2D eigenvalue weighted by Crippen LogP contribution is -2.31. The van der Waals surface area contributed by atoms with E-state index in [0.717, 1.165) is 13.2 Å². The number of benzene rings is 1. The van der Waals surface area contributed by atoms with Crippen LogP contribution >= 0.6 is 11.3 Å². The van der Waals surface area contributed by atoms with Crippen molar-refractivity contribution in [3.63, 3.8) is 0 Å². The van der Waals surface area contributed by atoms with Crippen molar-refractivity contribution >= 4 is 11.3 Å². The van der Waals surface area contributed by atoms with Crippen molar-refractivity contribution in [2.45, 2.75) is 25.6 Å². The number of ether oxygens (including phenoxy) is 1. The Morgan fingerprint density at radius 1 is 1.28 bits per heavy atom. The molecule has 1 aromatic heterocycles. The van der Waals surface area contributed by atoms with E-state index in [1.165, 1.54) is 16.0 Å². The molecule has 3 rings (SSSR count). The maximum Gasteiger partial charge on any atom is 0.0721 e. The maximum absolute atomic E-state index is 5.67. The van der Waals surface area contributed by atoms with E-state index in [2.05, 4.69) is 54.0 Å². The van der Waals surface area contributed by atoms with Crippen LogP contribution in [0.4, 0.5) is 0 Å². The van der Waals surface area contributed by atoms with E-state index >= 15 is 0 Å². The number of hydrogen-bond donors (Lipinski definition) is 1. The first-order valence-electron chi connectivity index (χ1n) is 6.29. The lowest BCUT2D eigenvalue weighted by atomic mass is 9.98. The zero-order valence-corrected chi connectivity index (χ0v) is 11.2. The highest BCUT2D eigenvalue weighted by Gasteiger charge is 2.22. The van der Waals surface area contributed by atoms with E-state index in [0.29, 0.717) is 12.1 Å². The van der Waals surface area contributed by atoms with E-state index in [4.69, 9.17) is 4.74 Å². The fourth-order valence-corrected chi connectivity index (χ4v) is 3.19. The lowest BCUT2D eigenvalue weighted by molar-refractivity contribution is 0.0792. The first-order chi connectivity index (χ1) is 8.84. The Labute approximate surface area is 112 Å². The third kappa shape index (κ3) is 2.34. The van der Waals surface area contributed by atoms with Gasteiger partial charge in [0, 0.05) is 10.9 Å². The van der Waals surface area contributed by atoms with Gasteiger partial charge in [0.2, 0.25) is 0 Å². The summed E-state index contributed by atoms with van der Waals surface area (Å²) in [5.74, 6) is 0. The highest BCUT2D eigenvalue weighted by atomic mass is 32.1. The van der Waals surface area contributed by atoms with E-state index in [1.54, 1.807) is 11.3 Å². The van der Waals surface area contributed by atoms with Crippen LogP contribution in [0.3, 0.4) is 0 Å². The van der Waals surface area contributed by atoms with Crippen LogP contribution in [0.25, 0.3) is 0 Å². The van der Waals surface area contributed by atoms with Gasteiger partial charge >= 0.3 is 0 Å². The quantitative estimate of drug-likeness (QED) is 0.908. The molecule has 0 amide bonds. The van der Waals surface area contributed by atoms with Gasteiger partial charge in [0.25, 0.3) is 0 Å². The number of rotatable bonds is 3. The van der Waals surface area contributed by atoms with Crippen LogP contribution < -0.4 is 5.32 Å². The summed E-state index contributed by atoms with van der Waals surface area (Å²) in [6, 6.07) is 13.5. The van der Waals surface area contributed by atoms with Gasteiger partial charge in [-0.25, -0.2) is 0 Å². The zero-order valence-electron chi connectivity index (χ0n) is 10.4. The minimum absolute atomic E-state index is 0.298. The molecule has 2 aromatic rings. The van der Waals surface area contributed by atoms with Crippen LogP contribution in [0.2, 0.25) is 0 Å². The highest BCUT2D eigenvalue weighted by molar-refractivity contribution is 7.10. The molecule has 1 aliphatic rings. The highest BCUT2D eigenvalue weighted by Crippen LogP contribution is 2.28. The van der Waals surface area contributed by atoms with E-state index in [9.17, 15) is 0 Å². The second kappa shape index (κ2) is 5.22. The molecule has 94 valence electrons. The molecule has 1 unspecified atom stereocenters. The molecule has 0 saturated heterocycles. The summed E-state index contributed by atoms with van der Waals surface area (Å²) >= 11 is 1.80. The summed E-state index contributed by atoms with van der Waals surface area (Å²) in [5, 5.41) is 5.79. The predicted molar refractivity (Wildman–Crippen MR) is 74.7 cm³/mol. The molecule has 2 nitrogen and oxygen atoms in total. The number of nitrogens with one attached hydrogen (secondary N) is 1. The van der Waals surface area contributed by atoms with Gasteiger partial charge in [0.05, 0.1) is 19.3 Å². The van der Waals surface area contributed by atoms with Gasteiger partial charge in [-0.3, -0.25) is 0 Å². The largest absolute Gasteiger partial charge is 0.375 e. The van der Waals surface area contributed by atoms with Crippen molar-refractivity contribution < 1.29 is 4.74 Å². The van der Waals surface area contributed by atoms with E-state index in [1.807, 2.05) is 0 Å². The molecular formula is C15H17NOS. The number of hydrogen-bond acceptors (Lipinski definition) is 3. The Balaban J connectivity index is 1.78. The van der Waals surface area contributed by atoms with Crippen molar-refractivity contribution in [3.05, 3.63) is 57.8 Å². The van der Waals surface area contributed by atoms with Gasteiger partial charge in [0.15, 0.2) is 0 Å². The fourth-order valence-electron chi connectivity index (χ4n) is 2.44. The summed E-state index contributed by atoms with van der Waals surface area (Å²) < 4.78 is 5.67. The van der Waals surface area contributed by atoms with E-state index in [-0.39, 0.29) is 0 Å². The average Bonchev–Trinajstić information content (AvgIpc) is 2.93. The van der Waals surface area contributed by atoms with Crippen LogP contribution in [0.15, 0.2) is 41.8 Å². The van der Waals surface area contributed by atoms with Crippen molar-refractivity contribution in [2.75, 3.05) is 6.61 Å². The van der Waals surface area contributed by atoms with Gasteiger partial charge in [-0.15, -0.1) is 11.3 Å². The molecule has 0 bridgehead atoms. The topological polar surface area (TPSA) is 21.3 Å². The first-order valence-corrected chi connectivity index (χ1v) is 7.17. The molecule has 0 saturated carbocycles. The second-order valence-corrected chi connectivity index (χ2v) is 5.65. The van der Waals surface area contributed by atoms with Gasteiger partial charge in [-0.1, -0.05) is 30.3 Å². The van der Waals surface area contributed by atoms with Gasteiger partial charge in [-0.05, 0) is 29.5 Å². The smallest absolute Gasteiger partial charge is 0.0721 e. The van der Waals surface area contributed by atoms with Crippen LogP contribution in [0.1, 0.15) is 35.0 Å². The van der Waals surface area contributed by atoms with Crippen molar-refractivity contribution in [1.82, 2.24) is 5.32 Å². The van der Waals surface area contributed by atoms with Crippen LogP contribution in [-0.4, -0.2) is 6.61 Å². The average molecular weight is 259 g/mol. The fraction of sp³-hybridized carbons (Fsp3) is 0.333. The molecular weight excluding hydrogens is 242 g/mol. The van der Waals surface area contributed by atoms with Crippen LogP contribution in [-0.2, 0) is 11.3 Å². The third-order valence-corrected chi connectivity index (χ3v) is 4.45. The molecule has 0 aliphatic carbocycles. The molecule has 0 fully saturated rings. The Bertz CT molecular complexity index is 509. The molecule has 1 aliphatic heterocycles. The van der Waals surface area contributed by atoms with Crippen LogP contribution in [0, 0.1) is 0 Å². The summed E-state index contributed by atoms with van der Waals surface area (Å²) in [7, 11) is 0. The summed E-state index contributed by atoms with van der Waals surface area (Å²) in [6.45, 7) is 3.71. The van der Waals surface area contributed by atoms with Crippen molar-refractivity contribution in [3.8, 4) is 0 Å². The molecule has 2 heterocycles. The standard InChI is InChI=1S/C15H17NOS/c1-11(15-7-4-8-18-15)16-14-10-17-9-12-5-2-3-6-13(12)14/h2-8,11,14,16H,9-10H2,1H3/t11-,14?/m0/s1. The minimum atomic E-state index is 0.298. The molecule has 2 atom stereocenters. The Kier molecular flexibility index (Phi) is 3.46. The Morgan fingerprint density at radius 3 is 3.00 bits per heavy atom. The Hall–Kier alpha value is -1.16. The molecule has 3 heteroatoms. The molecule has 0 radical (unpaired) electrons. The third-order valence-electron chi connectivity index (χ3n) is 3.39. The first kappa shape index (κ1) is 11.9. The van der Waals surface area contributed by atoms with Gasteiger partial charge < -0.3 is 10.1 Å². The Morgan fingerprint density at radius 2 is 2.17 bits per heavy atom. The minimum Gasteiger partial charge on any atom is -0.375 e. The van der Waals surface area contributed by atoms with Gasteiger partial charge in [-0.2, -0.15) is 0 Å². The van der Waals surface area contributed by atoms with Crippen molar-refractivity contribution in [1.29, 1.82) is 0 Å². The zero-order chi connectivity index (χ0) is 12.4. The molecule has 1 aromatic carbocycles. The van der Waals surface area contributed by atoms with Crippen molar-refractivity contribution in [2.24, 2.45) is 0 Å². The second-order valence-electron chi connectivity index (χ2n) is 4.67. The normalized spacial score (nSPS) is 20.4. The monoisotopic (exact) mass is 259 g/mol. The predicted octanol–water partition coefficient (Wildman–Crippen LogP) is 3.67. The number of thiophene rings is 1. The molecule has 0 spiro atoms. The van der Waals surface area contributed by atoms with Crippen LogP contribution in [0.5, 0.6) is 0 Å². The molecule has 18 heavy (non-hydrogen) atoms. The summed E-state index contributed by atoms with van der Waals surface area (Å²) in [6.07, 6.45) is 0. The number of fused-ring (bicyclic) bond motifs is 1. The summed E-state index contributed by atoms with van der Waals surface area (Å²) in [4.78, 5) is 1.37. The van der Waals surface area contributed by atoms with E-state index < -0.39 is 0 Å². The maximum atomic E-state index is 5.67.